The summed E-state index contributed by atoms with van der Waals surface area (Å²) in [7, 11) is 1.27. The molecule has 1 saturated heterocycles. The number of carbonyl (C=O) groups excluding carboxylic acids is 1. The standard InChI is InChI=1S/C22H25F2N3O3/c1-27(20-16(23)8-15(9-17(20)24)5-4-14-2-3-14)21(28)18(25)10-26-11-19-29-12-22(6-7-22)13-30-19/h8-10,14,19,26H,2-3,6-7,11-13,25H2,1H3/b18-10-. The van der Waals surface area contributed by atoms with Crippen LogP contribution < -0.4 is 16.0 Å². The first-order valence-corrected chi connectivity index (χ1v) is 10.1. The number of amides is 1. The number of nitrogens with zero attached hydrogens (tertiary/aromatic N) is 1. The van der Waals surface area contributed by atoms with Crippen LogP contribution in [0.3, 0.4) is 0 Å². The SMILES string of the molecule is CN(C(=O)/C(N)=C/NCC1OCC2(CC2)CO1)c1c(F)cc(C#CC2CC2)cc1F. The summed E-state index contributed by atoms with van der Waals surface area (Å²) < 4.78 is 40.2. The average molecular weight is 417 g/mol. The summed E-state index contributed by atoms with van der Waals surface area (Å²) in [5.74, 6) is 3.56. The zero-order valence-corrected chi connectivity index (χ0v) is 16.8. The molecule has 1 aliphatic heterocycles. The molecule has 0 atom stereocenters. The first-order valence-electron chi connectivity index (χ1n) is 10.1. The van der Waals surface area contributed by atoms with Gasteiger partial charge in [0.1, 0.15) is 11.4 Å². The van der Waals surface area contributed by atoms with Crippen molar-refractivity contribution in [1.82, 2.24) is 5.32 Å². The molecule has 4 rings (SSSR count). The minimum atomic E-state index is -0.871. The average Bonchev–Trinajstić information content (AvgIpc) is 3.64. The van der Waals surface area contributed by atoms with Gasteiger partial charge in [0.25, 0.3) is 5.91 Å². The number of hydrogen-bond acceptors (Lipinski definition) is 5. The van der Waals surface area contributed by atoms with E-state index in [1.54, 1.807) is 0 Å². The van der Waals surface area contributed by atoms with E-state index in [0.29, 0.717) is 25.7 Å². The topological polar surface area (TPSA) is 76.8 Å². The third-order valence-corrected chi connectivity index (χ3v) is 5.55. The highest BCUT2D eigenvalue weighted by atomic mass is 19.1. The molecule has 2 aliphatic carbocycles. The molecule has 160 valence electrons. The van der Waals surface area contributed by atoms with E-state index in [2.05, 4.69) is 17.2 Å². The molecule has 0 unspecified atom stereocenters. The Hall–Kier alpha value is -2.63. The Morgan fingerprint density at radius 1 is 1.30 bits per heavy atom. The Morgan fingerprint density at radius 2 is 1.93 bits per heavy atom. The van der Waals surface area contributed by atoms with E-state index in [1.165, 1.54) is 13.2 Å². The normalized spacial score (nSPS) is 20.4. The fourth-order valence-corrected chi connectivity index (χ4v) is 3.21. The highest BCUT2D eigenvalue weighted by Gasteiger charge is 2.46. The van der Waals surface area contributed by atoms with Gasteiger partial charge in [-0.25, -0.2) is 8.78 Å². The Balaban J connectivity index is 1.34. The van der Waals surface area contributed by atoms with Crippen molar-refractivity contribution in [2.75, 3.05) is 31.7 Å². The van der Waals surface area contributed by atoms with Crippen LogP contribution in [-0.2, 0) is 14.3 Å². The van der Waals surface area contributed by atoms with E-state index < -0.39 is 29.5 Å². The van der Waals surface area contributed by atoms with Crippen LogP contribution in [0.2, 0.25) is 0 Å². The molecule has 1 amide bonds. The maximum Gasteiger partial charge on any atom is 0.275 e. The Labute approximate surface area is 174 Å². The number of halogens is 2. The second-order valence-electron chi connectivity index (χ2n) is 8.26. The molecule has 2 saturated carbocycles. The first kappa shape index (κ1) is 20.6. The lowest BCUT2D eigenvalue weighted by atomic mass is 10.1. The number of benzene rings is 1. The number of nitrogens with one attached hydrogen (secondary N) is 1. The van der Waals surface area contributed by atoms with E-state index in [4.69, 9.17) is 15.2 Å². The second-order valence-corrected chi connectivity index (χ2v) is 8.26. The number of likely N-dealkylation sites (N-methyl/N-ethyl adjacent to an activating group) is 1. The smallest absolute Gasteiger partial charge is 0.275 e. The summed E-state index contributed by atoms with van der Waals surface area (Å²) in [5.41, 5.74) is 5.59. The monoisotopic (exact) mass is 417 g/mol. The Bertz CT molecular complexity index is 896. The number of rotatable bonds is 5. The van der Waals surface area contributed by atoms with Gasteiger partial charge in [-0.15, -0.1) is 0 Å². The summed E-state index contributed by atoms with van der Waals surface area (Å²) in [6.07, 6.45) is 5.16. The van der Waals surface area contributed by atoms with E-state index in [1.807, 2.05) is 0 Å². The fraction of sp³-hybridized carbons (Fsp3) is 0.500. The van der Waals surface area contributed by atoms with Crippen molar-refractivity contribution in [2.24, 2.45) is 17.1 Å². The van der Waals surface area contributed by atoms with E-state index in [9.17, 15) is 13.6 Å². The van der Waals surface area contributed by atoms with Gasteiger partial charge in [0, 0.05) is 30.1 Å². The summed E-state index contributed by atoms with van der Waals surface area (Å²) in [6, 6.07) is 2.25. The van der Waals surface area contributed by atoms with Crippen LogP contribution in [0.15, 0.2) is 24.0 Å². The number of hydrogen-bond donors (Lipinski definition) is 2. The number of nitrogens with two attached hydrogens (primary N) is 1. The van der Waals surface area contributed by atoms with Crippen LogP contribution in [0.5, 0.6) is 0 Å². The molecule has 6 nitrogen and oxygen atoms in total. The second kappa shape index (κ2) is 8.25. The van der Waals surface area contributed by atoms with Crippen molar-refractivity contribution >= 4 is 11.6 Å². The Morgan fingerprint density at radius 3 is 2.50 bits per heavy atom. The largest absolute Gasteiger partial charge is 0.393 e. The molecule has 1 aromatic carbocycles. The predicted molar refractivity (Wildman–Crippen MR) is 107 cm³/mol. The van der Waals surface area contributed by atoms with Gasteiger partial charge in [-0.3, -0.25) is 4.79 Å². The molecule has 0 radical (unpaired) electrons. The van der Waals surface area contributed by atoms with Gasteiger partial charge >= 0.3 is 0 Å². The van der Waals surface area contributed by atoms with Crippen molar-refractivity contribution < 1.29 is 23.0 Å². The van der Waals surface area contributed by atoms with Gasteiger partial charge in [-0.2, -0.15) is 0 Å². The lowest BCUT2D eigenvalue weighted by Gasteiger charge is -2.29. The lowest BCUT2D eigenvalue weighted by molar-refractivity contribution is -0.203. The summed E-state index contributed by atoms with van der Waals surface area (Å²) in [6.45, 7) is 1.64. The van der Waals surface area contributed by atoms with Crippen LogP contribution in [0.4, 0.5) is 14.5 Å². The quantitative estimate of drug-likeness (QED) is 0.568. The molecule has 1 spiro atoms. The van der Waals surface area contributed by atoms with Gasteiger partial charge in [-0.05, 0) is 37.8 Å². The van der Waals surface area contributed by atoms with Crippen molar-refractivity contribution in [1.29, 1.82) is 0 Å². The minimum absolute atomic E-state index is 0.191. The number of anilines is 1. The van der Waals surface area contributed by atoms with Crippen LogP contribution in [0, 0.1) is 34.8 Å². The molecule has 0 bridgehead atoms. The van der Waals surface area contributed by atoms with E-state index >= 15 is 0 Å². The maximum absolute atomic E-state index is 14.5. The minimum Gasteiger partial charge on any atom is -0.393 e. The zero-order valence-electron chi connectivity index (χ0n) is 16.8. The van der Waals surface area contributed by atoms with Gasteiger partial charge < -0.3 is 25.4 Å². The van der Waals surface area contributed by atoms with Crippen molar-refractivity contribution in [3.63, 3.8) is 0 Å². The van der Waals surface area contributed by atoms with Gasteiger partial charge in [0.15, 0.2) is 17.9 Å². The molecule has 3 fully saturated rings. The summed E-state index contributed by atoms with van der Waals surface area (Å²) >= 11 is 0. The van der Waals surface area contributed by atoms with Crippen molar-refractivity contribution in [2.45, 2.75) is 32.0 Å². The zero-order chi connectivity index (χ0) is 21.3. The third kappa shape index (κ3) is 4.74. The van der Waals surface area contributed by atoms with E-state index in [0.717, 1.165) is 42.7 Å². The van der Waals surface area contributed by atoms with Gasteiger partial charge in [0.2, 0.25) is 0 Å². The van der Waals surface area contributed by atoms with Crippen LogP contribution >= 0.6 is 0 Å². The highest BCUT2D eigenvalue weighted by Crippen LogP contribution is 2.48. The van der Waals surface area contributed by atoms with E-state index in [-0.39, 0.29) is 16.7 Å². The van der Waals surface area contributed by atoms with Gasteiger partial charge in [-0.1, -0.05) is 11.8 Å². The van der Waals surface area contributed by atoms with Crippen LogP contribution in [0.25, 0.3) is 0 Å². The molecule has 8 heteroatoms. The molecule has 0 aromatic heterocycles. The third-order valence-electron chi connectivity index (χ3n) is 5.55. The molecule has 1 aromatic rings. The number of ether oxygens (including phenoxy) is 2. The first-order chi connectivity index (χ1) is 14.4. The van der Waals surface area contributed by atoms with Crippen molar-refractivity contribution in [3.8, 4) is 11.8 Å². The van der Waals surface area contributed by atoms with Crippen LogP contribution in [0.1, 0.15) is 31.2 Å². The number of carbonyl (C=O) groups is 1. The molecule has 30 heavy (non-hydrogen) atoms. The molecule has 3 N–H and O–H groups in total. The van der Waals surface area contributed by atoms with Gasteiger partial charge in [0.05, 0.1) is 19.8 Å². The molecular formula is C22H25F2N3O3. The summed E-state index contributed by atoms with van der Waals surface area (Å²) in [4.78, 5) is 13.3. The highest BCUT2D eigenvalue weighted by molar-refractivity contribution is 6.04. The molecule has 3 aliphatic rings. The fourth-order valence-electron chi connectivity index (χ4n) is 3.21. The molecule has 1 heterocycles. The predicted octanol–water partition coefficient (Wildman–Crippen LogP) is 2.23. The van der Waals surface area contributed by atoms with Crippen LogP contribution in [-0.4, -0.2) is 39.0 Å². The maximum atomic E-state index is 14.5. The molecular weight excluding hydrogens is 392 g/mol. The van der Waals surface area contributed by atoms with Crippen molar-refractivity contribution in [3.05, 3.63) is 41.2 Å². The summed E-state index contributed by atoms with van der Waals surface area (Å²) in [5, 5.41) is 2.87. The lowest BCUT2D eigenvalue weighted by Crippen LogP contribution is -2.39. The Kier molecular flexibility index (Phi) is 5.67.